The second-order valence-electron chi connectivity index (χ2n) is 4.82. The fraction of sp³-hybridized carbons (Fsp3) is 0.133. The second kappa shape index (κ2) is 6.93. The van der Waals surface area contributed by atoms with Gasteiger partial charge in [-0.25, -0.2) is 13.2 Å². The van der Waals surface area contributed by atoms with Crippen LogP contribution in [0.15, 0.2) is 47.4 Å². The molecule has 0 heterocycles. The molecule has 0 aliphatic heterocycles. The van der Waals surface area contributed by atoms with E-state index in [0.29, 0.717) is 6.07 Å². The summed E-state index contributed by atoms with van der Waals surface area (Å²) in [5.41, 5.74) is -1.25. The molecule has 0 spiro atoms. The number of benzene rings is 2. The Kier molecular flexibility index (Phi) is 5.28. The lowest BCUT2D eigenvalue weighted by Gasteiger charge is -2.12. The van der Waals surface area contributed by atoms with Gasteiger partial charge in [-0.2, -0.15) is 13.2 Å². The van der Waals surface area contributed by atoms with E-state index >= 15 is 0 Å². The van der Waals surface area contributed by atoms with E-state index in [1.54, 1.807) is 0 Å². The first-order valence-corrected chi connectivity index (χ1v) is 8.48. The van der Waals surface area contributed by atoms with Gasteiger partial charge in [0.05, 0.1) is 33.8 Å². The smallest absolute Gasteiger partial charge is 0.416 e. The molecule has 10 heteroatoms. The third kappa shape index (κ3) is 4.43. The van der Waals surface area contributed by atoms with E-state index in [-0.39, 0.29) is 16.3 Å². The summed E-state index contributed by atoms with van der Waals surface area (Å²) in [6, 6.07) is 6.94. The molecule has 0 aliphatic rings. The fourth-order valence-corrected chi connectivity index (χ4v) is 3.23. The molecule has 25 heavy (non-hydrogen) atoms. The van der Waals surface area contributed by atoms with Crippen molar-refractivity contribution in [2.24, 2.45) is 0 Å². The Labute approximate surface area is 146 Å². The normalized spacial score (nSPS) is 11.9. The standard InChI is InChI=1S/C15H11ClF3NO4S/c1-24-14(21)9-5-6-12(16)13(7-9)20-25(22,23)11-4-2-3-10(8-11)15(17,18)19/h2-8,20H,1H3. The Morgan fingerprint density at radius 1 is 1.16 bits per heavy atom. The molecule has 0 atom stereocenters. The maximum atomic E-state index is 12.7. The third-order valence-electron chi connectivity index (χ3n) is 3.10. The van der Waals surface area contributed by atoms with Crippen molar-refractivity contribution in [1.82, 2.24) is 0 Å². The Hall–Kier alpha value is -2.26. The molecule has 0 bridgehead atoms. The predicted molar refractivity (Wildman–Crippen MR) is 85.0 cm³/mol. The summed E-state index contributed by atoms with van der Waals surface area (Å²) in [7, 11) is -3.21. The average Bonchev–Trinajstić information content (AvgIpc) is 2.55. The van der Waals surface area contributed by atoms with Gasteiger partial charge in [0.25, 0.3) is 10.0 Å². The third-order valence-corrected chi connectivity index (χ3v) is 4.80. The molecule has 2 aromatic carbocycles. The molecule has 0 radical (unpaired) electrons. The van der Waals surface area contributed by atoms with Gasteiger partial charge in [0.1, 0.15) is 0 Å². The molecule has 0 aromatic heterocycles. The number of alkyl halides is 3. The van der Waals surface area contributed by atoms with E-state index in [9.17, 15) is 26.4 Å². The van der Waals surface area contributed by atoms with Crippen LogP contribution in [0.2, 0.25) is 5.02 Å². The SMILES string of the molecule is COC(=O)c1ccc(Cl)c(NS(=O)(=O)c2cccc(C(F)(F)F)c2)c1. The fourth-order valence-electron chi connectivity index (χ4n) is 1.89. The molecule has 0 amide bonds. The summed E-state index contributed by atoms with van der Waals surface area (Å²) >= 11 is 5.88. The Morgan fingerprint density at radius 2 is 1.84 bits per heavy atom. The van der Waals surface area contributed by atoms with Gasteiger partial charge < -0.3 is 4.74 Å². The first-order valence-electron chi connectivity index (χ1n) is 6.62. The number of ether oxygens (including phenoxy) is 1. The zero-order chi connectivity index (χ0) is 18.8. The van der Waals surface area contributed by atoms with Gasteiger partial charge in [-0.1, -0.05) is 17.7 Å². The van der Waals surface area contributed by atoms with E-state index in [4.69, 9.17) is 11.6 Å². The van der Waals surface area contributed by atoms with Crippen LogP contribution in [0.5, 0.6) is 0 Å². The first kappa shape index (κ1) is 19.1. The number of carbonyl (C=O) groups is 1. The molecular formula is C15H11ClF3NO4S. The van der Waals surface area contributed by atoms with Gasteiger partial charge in [0.15, 0.2) is 0 Å². The monoisotopic (exact) mass is 393 g/mol. The lowest BCUT2D eigenvalue weighted by Crippen LogP contribution is -2.15. The molecule has 1 N–H and O–H groups in total. The summed E-state index contributed by atoms with van der Waals surface area (Å²) in [6.07, 6.45) is -4.69. The van der Waals surface area contributed by atoms with E-state index in [2.05, 4.69) is 9.46 Å². The summed E-state index contributed by atoms with van der Waals surface area (Å²) in [6.45, 7) is 0. The van der Waals surface area contributed by atoms with Crippen LogP contribution in [0.25, 0.3) is 0 Å². The maximum absolute atomic E-state index is 12.7. The molecule has 0 aliphatic carbocycles. The van der Waals surface area contributed by atoms with E-state index in [1.165, 1.54) is 12.1 Å². The topological polar surface area (TPSA) is 72.5 Å². The minimum absolute atomic E-state index is 0.0219. The zero-order valence-electron chi connectivity index (χ0n) is 12.6. The highest BCUT2D eigenvalue weighted by molar-refractivity contribution is 7.92. The highest BCUT2D eigenvalue weighted by atomic mass is 35.5. The zero-order valence-corrected chi connectivity index (χ0v) is 14.2. The van der Waals surface area contributed by atoms with Crippen molar-refractivity contribution in [2.75, 3.05) is 11.8 Å². The molecular weight excluding hydrogens is 383 g/mol. The number of rotatable bonds is 4. The van der Waals surface area contributed by atoms with Crippen molar-refractivity contribution in [1.29, 1.82) is 0 Å². The number of halogens is 4. The number of nitrogens with one attached hydrogen (secondary N) is 1. The molecule has 0 unspecified atom stereocenters. The summed E-state index contributed by atoms with van der Waals surface area (Å²) < 4.78 is 69.5. The van der Waals surface area contributed by atoms with E-state index < -0.39 is 32.6 Å². The van der Waals surface area contributed by atoms with Gasteiger partial charge in [-0.3, -0.25) is 4.72 Å². The number of sulfonamides is 1. The molecule has 2 rings (SSSR count). The van der Waals surface area contributed by atoms with Crippen LogP contribution in [0.4, 0.5) is 18.9 Å². The Bertz CT molecular complexity index is 913. The van der Waals surface area contributed by atoms with Gasteiger partial charge in [-0.05, 0) is 36.4 Å². The van der Waals surface area contributed by atoms with Crippen molar-refractivity contribution < 1.29 is 31.1 Å². The van der Waals surface area contributed by atoms with Gasteiger partial charge >= 0.3 is 12.1 Å². The van der Waals surface area contributed by atoms with Crippen LogP contribution in [0, 0.1) is 0 Å². The Morgan fingerprint density at radius 3 is 2.44 bits per heavy atom. The minimum atomic E-state index is -4.69. The number of hydrogen-bond donors (Lipinski definition) is 1. The van der Waals surface area contributed by atoms with E-state index in [1.807, 2.05) is 0 Å². The van der Waals surface area contributed by atoms with Crippen LogP contribution in [-0.4, -0.2) is 21.5 Å². The van der Waals surface area contributed by atoms with Crippen LogP contribution in [0.3, 0.4) is 0 Å². The second-order valence-corrected chi connectivity index (χ2v) is 6.91. The van der Waals surface area contributed by atoms with Crippen LogP contribution < -0.4 is 4.72 Å². The number of esters is 1. The highest BCUT2D eigenvalue weighted by Crippen LogP contribution is 2.31. The minimum Gasteiger partial charge on any atom is -0.465 e. The van der Waals surface area contributed by atoms with Crippen LogP contribution in [0.1, 0.15) is 15.9 Å². The quantitative estimate of drug-likeness (QED) is 0.798. The highest BCUT2D eigenvalue weighted by Gasteiger charge is 2.31. The van der Waals surface area contributed by atoms with Gasteiger partial charge in [-0.15, -0.1) is 0 Å². The molecule has 0 saturated heterocycles. The van der Waals surface area contributed by atoms with Crippen LogP contribution in [-0.2, 0) is 20.9 Å². The largest absolute Gasteiger partial charge is 0.465 e. The maximum Gasteiger partial charge on any atom is 0.416 e. The van der Waals surface area contributed by atoms with Crippen molar-refractivity contribution >= 4 is 33.3 Å². The van der Waals surface area contributed by atoms with Gasteiger partial charge in [0, 0.05) is 0 Å². The number of anilines is 1. The Balaban J connectivity index is 2.41. The average molecular weight is 394 g/mol. The van der Waals surface area contributed by atoms with Crippen LogP contribution >= 0.6 is 11.6 Å². The molecule has 2 aromatic rings. The molecule has 0 fully saturated rings. The molecule has 134 valence electrons. The summed E-state index contributed by atoms with van der Waals surface area (Å²) in [5, 5.41) is -0.0387. The molecule has 5 nitrogen and oxygen atoms in total. The van der Waals surface area contributed by atoms with E-state index in [0.717, 1.165) is 31.4 Å². The van der Waals surface area contributed by atoms with Crippen molar-refractivity contribution in [3.8, 4) is 0 Å². The first-order chi connectivity index (χ1) is 11.5. The van der Waals surface area contributed by atoms with Crippen molar-refractivity contribution in [3.05, 3.63) is 58.6 Å². The predicted octanol–water partition coefficient (Wildman–Crippen LogP) is 3.95. The summed E-state index contributed by atoms with van der Waals surface area (Å²) in [4.78, 5) is 10.9. The number of methoxy groups -OCH3 is 1. The summed E-state index contributed by atoms with van der Waals surface area (Å²) in [5.74, 6) is -0.726. The molecule has 0 saturated carbocycles. The lowest BCUT2D eigenvalue weighted by molar-refractivity contribution is -0.137. The number of hydrogen-bond acceptors (Lipinski definition) is 4. The van der Waals surface area contributed by atoms with Crippen molar-refractivity contribution in [2.45, 2.75) is 11.1 Å². The lowest BCUT2D eigenvalue weighted by atomic mass is 10.2. The number of carbonyl (C=O) groups excluding carboxylic acids is 1. The van der Waals surface area contributed by atoms with Crippen molar-refractivity contribution in [3.63, 3.8) is 0 Å². The van der Waals surface area contributed by atoms with Gasteiger partial charge in [0.2, 0.25) is 0 Å².